The maximum Gasteiger partial charge on any atom is 0.263 e. The lowest BCUT2D eigenvalue weighted by molar-refractivity contribution is 0.0929. The van der Waals surface area contributed by atoms with Gasteiger partial charge < -0.3 is 11.1 Å². The van der Waals surface area contributed by atoms with Crippen molar-refractivity contribution >= 4 is 22.4 Å². The van der Waals surface area contributed by atoms with Gasteiger partial charge in [0.05, 0.1) is 11.7 Å². The topological polar surface area (TPSA) is 68.0 Å². The van der Waals surface area contributed by atoms with E-state index in [0.717, 1.165) is 5.56 Å². The van der Waals surface area contributed by atoms with Crippen molar-refractivity contribution in [2.75, 3.05) is 5.73 Å². The Bertz CT molecular complexity index is 637. The van der Waals surface area contributed by atoms with Gasteiger partial charge in [-0.3, -0.25) is 4.79 Å². The molecule has 3 N–H and O–H groups in total. The molecular weight excluding hydrogens is 289 g/mol. The number of nitrogen functional groups attached to an aromatic ring is 1. The molecule has 0 saturated carbocycles. The van der Waals surface area contributed by atoms with Crippen molar-refractivity contribution in [3.05, 3.63) is 46.2 Å². The fraction of sp³-hybridized carbons (Fsp3) is 0.333. The van der Waals surface area contributed by atoms with E-state index in [-0.39, 0.29) is 23.7 Å². The first-order valence-electron chi connectivity index (χ1n) is 6.67. The highest BCUT2D eigenvalue weighted by molar-refractivity contribution is 7.17. The zero-order valence-electron chi connectivity index (χ0n) is 12.2. The predicted molar refractivity (Wildman–Crippen MR) is 82.7 cm³/mol. The molecule has 2 rings (SSSR count). The molecule has 0 aliphatic carbocycles. The summed E-state index contributed by atoms with van der Waals surface area (Å²) in [4.78, 5) is 16.9. The first-order valence-corrected chi connectivity index (χ1v) is 7.49. The zero-order chi connectivity index (χ0) is 15.6. The zero-order valence-corrected chi connectivity index (χ0v) is 13.0. The van der Waals surface area contributed by atoms with E-state index in [1.807, 2.05) is 13.8 Å². The molecule has 0 fully saturated rings. The second-order valence-electron chi connectivity index (χ2n) is 5.21. The number of nitrogens with zero attached hydrogens (tertiary/aromatic N) is 1. The standard InChI is InChI=1S/C15H18FN3OS/c1-8(2)12(10-4-6-11(16)7-5-10)19-14(20)13-9(3)18-15(17)21-13/h4-8,12H,1-3H3,(H2,17,18)(H,19,20). The number of nitrogens with one attached hydrogen (secondary N) is 1. The minimum Gasteiger partial charge on any atom is -0.375 e. The molecule has 1 aromatic carbocycles. The molecule has 0 radical (unpaired) electrons. The Hall–Kier alpha value is -1.95. The third-order valence-electron chi connectivity index (χ3n) is 3.20. The molecule has 4 nitrogen and oxygen atoms in total. The fourth-order valence-electron chi connectivity index (χ4n) is 2.14. The molecular formula is C15H18FN3OS. The quantitative estimate of drug-likeness (QED) is 0.910. The summed E-state index contributed by atoms with van der Waals surface area (Å²) in [6.07, 6.45) is 0. The van der Waals surface area contributed by atoms with Crippen LogP contribution in [0.25, 0.3) is 0 Å². The highest BCUT2D eigenvalue weighted by Crippen LogP contribution is 2.25. The molecule has 1 unspecified atom stereocenters. The van der Waals surface area contributed by atoms with Gasteiger partial charge in [0.15, 0.2) is 5.13 Å². The van der Waals surface area contributed by atoms with E-state index in [1.54, 1.807) is 19.1 Å². The van der Waals surface area contributed by atoms with Crippen molar-refractivity contribution in [2.24, 2.45) is 5.92 Å². The maximum absolute atomic E-state index is 13.0. The van der Waals surface area contributed by atoms with Gasteiger partial charge in [0, 0.05) is 0 Å². The number of halogens is 1. The normalized spacial score (nSPS) is 12.4. The Morgan fingerprint density at radius 3 is 2.43 bits per heavy atom. The van der Waals surface area contributed by atoms with Gasteiger partial charge in [-0.05, 0) is 30.5 Å². The van der Waals surface area contributed by atoms with Gasteiger partial charge in [-0.15, -0.1) is 0 Å². The van der Waals surface area contributed by atoms with Crippen LogP contribution in [0.5, 0.6) is 0 Å². The van der Waals surface area contributed by atoms with Crippen LogP contribution in [0.4, 0.5) is 9.52 Å². The van der Waals surface area contributed by atoms with E-state index in [1.165, 1.54) is 23.5 Å². The van der Waals surface area contributed by atoms with Gasteiger partial charge in [0.1, 0.15) is 10.7 Å². The predicted octanol–water partition coefficient (Wildman–Crippen LogP) is 3.30. The second kappa shape index (κ2) is 6.22. The third-order valence-corrected chi connectivity index (χ3v) is 4.19. The van der Waals surface area contributed by atoms with Crippen LogP contribution in [0.2, 0.25) is 0 Å². The van der Waals surface area contributed by atoms with E-state index in [2.05, 4.69) is 10.3 Å². The number of benzene rings is 1. The maximum atomic E-state index is 13.0. The third kappa shape index (κ3) is 3.58. The van der Waals surface area contributed by atoms with E-state index in [4.69, 9.17) is 5.73 Å². The molecule has 6 heteroatoms. The Kier molecular flexibility index (Phi) is 4.57. The summed E-state index contributed by atoms with van der Waals surface area (Å²) in [5.74, 6) is -0.326. The van der Waals surface area contributed by atoms with E-state index in [9.17, 15) is 9.18 Å². The summed E-state index contributed by atoms with van der Waals surface area (Å²) >= 11 is 1.17. The lowest BCUT2D eigenvalue weighted by Gasteiger charge is -2.22. The number of thiazole rings is 1. The highest BCUT2D eigenvalue weighted by atomic mass is 32.1. The van der Waals surface area contributed by atoms with Crippen molar-refractivity contribution in [2.45, 2.75) is 26.8 Å². The van der Waals surface area contributed by atoms with Crippen LogP contribution in [-0.2, 0) is 0 Å². The number of anilines is 1. The van der Waals surface area contributed by atoms with Crippen LogP contribution in [0.15, 0.2) is 24.3 Å². The van der Waals surface area contributed by atoms with Crippen LogP contribution >= 0.6 is 11.3 Å². The van der Waals surface area contributed by atoms with Crippen molar-refractivity contribution in [1.82, 2.24) is 10.3 Å². The Morgan fingerprint density at radius 2 is 1.95 bits per heavy atom. The molecule has 21 heavy (non-hydrogen) atoms. The van der Waals surface area contributed by atoms with E-state index >= 15 is 0 Å². The Labute approximate surface area is 127 Å². The molecule has 0 saturated heterocycles. The van der Waals surface area contributed by atoms with Crippen molar-refractivity contribution in [1.29, 1.82) is 0 Å². The first kappa shape index (κ1) is 15.4. The van der Waals surface area contributed by atoms with Crippen molar-refractivity contribution in [3.63, 3.8) is 0 Å². The van der Waals surface area contributed by atoms with Gasteiger partial charge in [-0.2, -0.15) is 0 Å². The van der Waals surface area contributed by atoms with Gasteiger partial charge in [0.2, 0.25) is 0 Å². The number of nitrogens with two attached hydrogens (primary N) is 1. The molecule has 2 aromatic rings. The largest absolute Gasteiger partial charge is 0.375 e. The van der Waals surface area contributed by atoms with Crippen LogP contribution in [0, 0.1) is 18.7 Å². The molecule has 112 valence electrons. The van der Waals surface area contributed by atoms with Crippen LogP contribution in [0.3, 0.4) is 0 Å². The lowest BCUT2D eigenvalue weighted by atomic mass is 9.96. The van der Waals surface area contributed by atoms with Crippen LogP contribution < -0.4 is 11.1 Å². The van der Waals surface area contributed by atoms with E-state index in [0.29, 0.717) is 15.7 Å². The summed E-state index contributed by atoms with van der Waals surface area (Å²) < 4.78 is 13.0. The fourth-order valence-corrected chi connectivity index (χ4v) is 2.88. The van der Waals surface area contributed by atoms with Crippen LogP contribution in [0.1, 0.15) is 40.8 Å². The minimum absolute atomic E-state index is 0.171. The van der Waals surface area contributed by atoms with Gasteiger partial charge >= 0.3 is 0 Å². The smallest absolute Gasteiger partial charge is 0.263 e. The number of hydrogen-bond donors (Lipinski definition) is 2. The summed E-state index contributed by atoms with van der Waals surface area (Å²) in [5.41, 5.74) is 7.11. The van der Waals surface area contributed by atoms with Crippen molar-refractivity contribution in [3.8, 4) is 0 Å². The average Bonchev–Trinajstić information content (AvgIpc) is 2.76. The van der Waals surface area contributed by atoms with Crippen molar-refractivity contribution < 1.29 is 9.18 Å². The number of carbonyl (C=O) groups is 1. The average molecular weight is 307 g/mol. The van der Waals surface area contributed by atoms with Gasteiger partial charge in [0.25, 0.3) is 5.91 Å². The molecule has 1 heterocycles. The van der Waals surface area contributed by atoms with Gasteiger partial charge in [-0.25, -0.2) is 9.37 Å². The minimum atomic E-state index is -0.293. The molecule has 1 atom stereocenters. The summed E-state index contributed by atoms with van der Waals surface area (Å²) in [6, 6.07) is 5.97. The molecule has 0 bridgehead atoms. The number of hydrogen-bond acceptors (Lipinski definition) is 4. The second-order valence-corrected chi connectivity index (χ2v) is 6.24. The molecule has 0 spiro atoms. The monoisotopic (exact) mass is 307 g/mol. The van der Waals surface area contributed by atoms with E-state index < -0.39 is 0 Å². The Morgan fingerprint density at radius 1 is 1.33 bits per heavy atom. The summed E-state index contributed by atoms with van der Waals surface area (Å²) in [7, 11) is 0. The van der Waals surface area contributed by atoms with Gasteiger partial charge in [-0.1, -0.05) is 37.3 Å². The lowest BCUT2D eigenvalue weighted by Crippen LogP contribution is -2.31. The first-order chi connectivity index (χ1) is 9.88. The molecule has 0 aliphatic heterocycles. The van der Waals surface area contributed by atoms with Crippen LogP contribution in [-0.4, -0.2) is 10.9 Å². The molecule has 0 aliphatic rings. The summed E-state index contributed by atoms with van der Waals surface area (Å²) in [6.45, 7) is 5.76. The highest BCUT2D eigenvalue weighted by Gasteiger charge is 2.22. The molecule has 1 amide bonds. The number of carbonyl (C=O) groups excluding carboxylic acids is 1. The number of aromatic nitrogens is 1. The SMILES string of the molecule is Cc1nc(N)sc1C(=O)NC(c1ccc(F)cc1)C(C)C. The number of amides is 1. The number of rotatable bonds is 4. The summed E-state index contributed by atoms with van der Waals surface area (Å²) in [5, 5.41) is 3.35. The molecule has 1 aromatic heterocycles. The Balaban J connectivity index is 2.22. The number of aryl methyl sites for hydroxylation is 1.